The molecule has 0 saturated heterocycles. The van der Waals surface area contributed by atoms with E-state index in [1.807, 2.05) is 13.1 Å². The molecule has 7 heteroatoms. The van der Waals surface area contributed by atoms with Crippen molar-refractivity contribution < 1.29 is 9.90 Å². The van der Waals surface area contributed by atoms with Crippen molar-refractivity contribution in [3.8, 4) is 0 Å². The van der Waals surface area contributed by atoms with Crippen molar-refractivity contribution in [2.24, 2.45) is 7.05 Å². The lowest BCUT2D eigenvalue weighted by atomic mass is 10.1. The normalized spacial score (nSPS) is 17.4. The van der Waals surface area contributed by atoms with Gasteiger partial charge in [-0.15, -0.1) is 11.3 Å². The highest BCUT2D eigenvalue weighted by Gasteiger charge is 2.32. The number of carbonyl (C=O) groups is 1. The van der Waals surface area contributed by atoms with E-state index in [-0.39, 0.29) is 0 Å². The molecule has 1 atom stereocenters. The summed E-state index contributed by atoms with van der Waals surface area (Å²) in [7, 11) is 1.89. The van der Waals surface area contributed by atoms with E-state index < -0.39 is 11.9 Å². The maximum absolute atomic E-state index is 11.1. The lowest BCUT2D eigenvalue weighted by Crippen LogP contribution is -2.09. The third kappa shape index (κ3) is 2.21. The number of carboxylic acid groups (broad SMARTS) is 1. The molecule has 100 valence electrons. The molecule has 2 aromatic rings. The van der Waals surface area contributed by atoms with E-state index >= 15 is 0 Å². The number of carboxylic acids is 1. The van der Waals surface area contributed by atoms with Gasteiger partial charge in [-0.2, -0.15) is 5.10 Å². The summed E-state index contributed by atoms with van der Waals surface area (Å²) >= 11 is 1.56. The Labute approximate surface area is 114 Å². The Morgan fingerprint density at radius 3 is 3.21 bits per heavy atom. The molecule has 0 aliphatic heterocycles. The Balaban J connectivity index is 1.72. The number of nitrogens with one attached hydrogen (secondary N) is 1. The first-order chi connectivity index (χ1) is 9.15. The van der Waals surface area contributed by atoms with Crippen molar-refractivity contribution in [2.45, 2.75) is 25.3 Å². The van der Waals surface area contributed by atoms with E-state index in [4.69, 9.17) is 5.11 Å². The Hall–Kier alpha value is -1.89. The predicted molar refractivity (Wildman–Crippen MR) is 71.3 cm³/mol. The minimum Gasteiger partial charge on any atom is -0.481 e. The topological polar surface area (TPSA) is 80.0 Å². The predicted octanol–water partition coefficient (Wildman–Crippen LogP) is 1.60. The average Bonchev–Trinajstić information content (AvgIpc) is 3.00. The van der Waals surface area contributed by atoms with Gasteiger partial charge in [-0.25, -0.2) is 4.98 Å². The Kier molecular flexibility index (Phi) is 2.98. The molecule has 3 rings (SSSR count). The van der Waals surface area contributed by atoms with Gasteiger partial charge in [0.15, 0.2) is 5.13 Å². The standard InChI is InChI=1S/C12H14N4O2S/c1-16-7(4-5-14-16)6-13-12-15-10-8(11(17)18)2-3-9(10)19-12/h4-5,8H,2-3,6H2,1H3,(H,13,15)(H,17,18). The van der Waals surface area contributed by atoms with Gasteiger partial charge in [0.1, 0.15) is 5.92 Å². The third-order valence-corrected chi connectivity index (χ3v) is 4.45. The lowest BCUT2D eigenvalue weighted by Gasteiger charge is -2.04. The van der Waals surface area contributed by atoms with Gasteiger partial charge in [0, 0.05) is 18.1 Å². The van der Waals surface area contributed by atoms with Crippen LogP contribution >= 0.6 is 11.3 Å². The Morgan fingerprint density at radius 2 is 2.53 bits per heavy atom. The molecule has 0 amide bonds. The molecule has 0 radical (unpaired) electrons. The molecule has 0 aromatic carbocycles. The highest BCUT2D eigenvalue weighted by atomic mass is 32.1. The fourth-order valence-corrected chi connectivity index (χ4v) is 3.32. The van der Waals surface area contributed by atoms with E-state index in [1.165, 1.54) is 0 Å². The number of anilines is 1. The molecule has 2 heterocycles. The SMILES string of the molecule is Cn1nccc1CNc1nc2c(s1)CCC2C(=O)O. The van der Waals surface area contributed by atoms with Crippen LogP contribution in [-0.4, -0.2) is 25.8 Å². The number of rotatable bonds is 4. The van der Waals surface area contributed by atoms with Crippen molar-refractivity contribution >= 4 is 22.4 Å². The van der Waals surface area contributed by atoms with Crippen molar-refractivity contribution in [1.29, 1.82) is 0 Å². The van der Waals surface area contributed by atoms with Crippen molar-refractivity contribution in [3.05, 3.63) is 28.5 Å². The maximum atomic E-state index is 11.1. The highest BCUT2D eigenvalue weighted by Crippen LogP contribution is 2.38. The molecule has 2 aromatic heterocycles. The fraction of sp³-hybridized carbons (Fsp3) is 0.417. The Bertz CT molecular complexity index is 619. The zero-order valence-electron chi connectivity index (χ0n) is 10.5. The molecule has 6 nitrogen and oxygen atoms in total. The van der Waals surface area contributed by atoms with Crippen LogP contribution < -0.4 is 5.32 Å². The van der Waals surface area contributed by atoms with E-state index in [9.17, 15) is 4.79 Å². The molecular weight excluding hydrogens is 264 g/mol. The monoisotopic (exact) mass is 278 g/mol. The first-order valence-corrected chi connectivity index (χ1v) is 6.90. The summed E-state index contributed by atoms with van der Waals surface area (Å²) in [4.78, 5) is 16.6. The molecule has 0 bridgehead atoms. The van der Waals surface area contributed by atoms with Gasteiger partial charge in [0.2, 0.25) is 0 Å². The maximum Gasteiger partial charge on any atom is 0.312 e. The first-order valence-electron chi connectivity index (χ1n) is 6.08. The summed E-state index contributed by atoms with van der Waals surface area (Å²) in [5, 5.41) is 17.2. The van der Waals surface area contributed by atoms with Gasteiger partial charge in [0.05, 0.1) is 17.9 Å². The van der Waals surface area contributed by atoms with Gasteiger partial charge >= 0.3 is 5.97 Å². The van der Waals surface area contributed by atoms with E-state index in [0.717, 1.165) is 27.8 Å². The summed E-state index contributed by atoms with van der Waals surface area (Å²) in [6.07, 6.45) is 3.24. The zero-order valence-corrected chi connectivity index (χ0v) is 11.3. The van der Waals surface area contributed by atoms with E-state index in [1.54, 1.807) is 22.2 Å². The van der Waals surface area contributed by atoms with Crippen LogP contribution in [0.3, 0.4) is 0 Å². The molecule has 0 fully saturated rings. The molecular formula is C12H14N4O2S. The van der Waals surface area contributed by atoms with Crippen LogP contribution in [0.4, 0.5) is 5.13 Å². The van der Waals surface area contributed by atoms with Gasteiger partial charge in [0.25, 0.3) is 0 Å². The second kappa shape index (κ2) is 4.65. The van der Waals surface area contributed by atoms with Crippen molar-refractivity contribution in [2.75, 3.05) is 5.32 Å². The molecule has 1 aliphatic rings. The summed E-state index contributed by atoms with van der Waals surface area (Å²) in [6, 6.07) is 1.94. The summed E-state index contributed by atoms with van der Waals surface area (Å²) < 4.78 is 1.80. The lowest BCUT2D eigenvalue weighted by molar-refractivity contribution is -0.138. The molecule has 0 spiro atoms. The molecule has 1 aliphatic carbocycles. The fourth-order valence-electron chi connectivity index (χ4n) is 2.28. The van der Waals surface area contributed by atoms with Gasteiger partial charge in [-0.05, 0) is 18.9 Å². The zero-order chi connectivity index (χ0) is 13.4. The smallest absolute Gasteiger partial charge is 0.312 e. The quantitative estimate of drug-likeness (QED) is 0.888. The number of aryl methyl sites for hydroxylation is 2. The number of hydrogen-bond acceptors (Lipinski definition) is 5. The van der Waals surface area contributed by atoms with Crippen LogP contribution in [-0.2, 0) is 24.8 Å². The molecule has 1 unspecified atom stereocenters. The minimum atomic E-state index is -0.776. The van der Waals surface area contributed by atoms with Gasteiger partial charge in [-0.3, -0.25) is 9.48 Å². The number of aromatic nitrogens is 3. The van der Waals surface area contributed by atoms with Gasteiger partial charge < -0.3 is 10.4 Å². The number of fused-ring (bicyclic) bond motifs is 1. The van der Waals surface area contributed by atoms with Crippen LogP contribution in [0.1, 0.15) is 28.6 Å². The summed E-state index contributed by atoms with van der Waals surface area (Å²) in [5.41, 5.74) is 1.80. The van der Waals surface area contributed by atoms with Gasteiger partial charge in [-0.1, -0.05) is 0 Å². The van der Waals surface area contributed by atoms with Crippen LogP contribution in [0.15, 0.2) is 12.3 Å². The summed E-state index contributed by atoms with van der Waals surface area (Å²) in [5.74, 6) is -1.21. The number of aliphatic carboxylic acids is 1. The molecule has 2 N–H and O–H groups in total. The minimum absolute atomic E-state index is 0.432. The number of hydrogen-bond donors (Lipinski definition) is 2. The van der Waals surface area contributed by atoms with Crippen molar-refractivity contribution in [3.63, 3.8) is 0 Å². The van der Waals surface area contributed by atoms with Crippen LogP contribution in [0.5, 0.6) is 0 Å². The Morgan fingerprint density at radius 1 is 1.68 bits per heavy atom. The number of nitrogens with zero attached hydrogens (tertiary/aromatic N) is 3. The highest BCUT2D eigenvalue weighted by molar-refractivity contribution is 7.15. The average molecular weight is 278 g/mol. The van der Waals surface area contributed by atoms with Crippen LogP contribution in [0, 0.1) is 0 Å². The molecule has 19 heavy (non-hydrogen) atoms. The van der Waals surface area contributed by atoms with Crippen LogP contribution in [0.25, 0.3) is 0 Å². The second-order valence-electron chi connectivity index (χ2n) is 4.56. The van der Waals surface area contributed by atoms with Crippen LogP contribution in [0.2, 0.25) is 0 Å². The van der Waals surface area contributed by atoms with Crippen molar-refractivity contribution in [1.82, 2.24) is 14.8 Å². The van der Waals surface area contributed by atoms with E-state index in [2.05, 4.69) is 15.4 Å². The largest absolute Gasteiger partial charge is 0.481 e. The van der Waals surface area contributed by atoms with E-state index in [0.29, 0.717) is 13.0 Å². The molecule has 0 saturated carbocycles. The second-order valence-corrected chi connectivity index (χ2v) is 5.64. The number of thiazole rings is 1. The first kappa shape index (κ1) is 12.2. The summed E-state index contributed by atoms with van der Waals surface area (Å²) in [6.45, 7) is 0.640. The third-order valence-electron chi connectivity index (χ3n) is 3.36.